The van der Waals surface area contributed by atoms with Crippen molar-refractivity contribution in [2.24, 2.45) is 5.92 Å². The molecule has 0 bridgehead atoms. The molecule has 1 atom stereocenters. The summed E-state index contributed by atoms with van der Waals surface area (Å²) in [6, 6.07) is 5.39. The Hall–Kier alpha value is -2.52. The maximum absolute atomic E-state index is 13.1. The van der Waals surface area contributed by atoms with E-state index in [1.165, 1.54) is 0 Å². The van der Waals surface area contributed by atoms with E-state index >= 15 is 0 Å². The van der Waals surface area contributed by atoms with Crippen LogP contribution in [0.25, 0.3) is 0 Å². The number of carbonyl (C=O) groups excluding carboxylic acids is 4. The van der Waals surface area contributed by atoms with E-state index in [4.69, 9.17) is 55.9 Å². The van der Waals surface area contributed by atoms with Crippen LogP contribution >= 0.6 is 46.4 Å². The van der Waals surface area contributed by atoms with Crippen LogP contribution in [-0.2, 0) is 14.3 Å². The molecule has 2 aromatic rings. The molecule has 0 saturated carbocycles. The maximum atomic E-state index is 13.1. The van der Waals surface area contributed by atoms with Crippen molar-refractivity contribution >= 4 is 75.8 Å². The fraction of sp³-hybridized carbons (Fsp3) is 0.304. The van der Waals surface area contributed by atoms with Crippen molar-refractivity contribution in [3.63, 3.8) is 0 Å². The molecule has 8 nitrogen and oxygen atoms in total. The van der Waals surface area contributed by atoms with Crippen molar-refractivity contribution in [2.45, 2.75) is 26.8 Å². The predicted octanol–water partition coefficient (Wildman–Crippen LogP) is 5.50. The highest BCUT2D eigenvalue weighted by atomic mass is 35.5. The standard InChI is InChI=1S/C23H20Cl4N2O6/c1-4-34-12-8-6-5-7-11(12)28-13(30)9-35-23(33)20(10(2)3)29-21(31)14-15(22(29)32)17(25)19(27)18(26)16(14)24/h5-8,10,20H,4,9H2,1-3H3,(H,28,30)/t20-/m1/s1. The Bertz CT molecular complexity index is 1170. The number of hydrogen-bond donors (Lipinski definition) is 1. The second-order valence-corrected chi connectivity index (χ2v) is 9.27. The molecule has 35 heavy (non-hydrogen) atoms. The molecule has 186 valence electrons. The summed E-state index contributed by atoms with van der Waals surface area (Å²) in [7, 11) is 0. The summed E-state index contributed by atoms with van der Waals surface area (Å²) in [6.07, 6.45) is 0. The van der Waals surface area contributed by atoms with Gasteiger partial charge in [0.1, 0.15) is 11.8 Å². The monoisotopic (exact) mass is 560 g/mol. The zero-order valence-corrected chi connectivity index (χ0v) is 21.8. The topological polar surface area (TPSA) is 102 Å². The van der Waals surface area contributed by atoms with E-state index in [0.29, 0.717) is 22.9 Å². The first kappa shape index (κ1) is 27.1. The molecule has 2 aromatic carbocycles. The number of para-hydroxylation sites is 2. The molecule has 3 rings (SSSR count). The Balaban J connectivity index is 1.79. The number of nitrogens with one attached hydrogen (secondary N) is 1. The minimum atomic E-state index is -1.37. The third-order valence-corrected chi connectivity index (χ3v) is 6.89. The number of ether oxygens (including phenoxy) is 2. The van der Waals surface area contributed by atoms with Gasteiger partial charge < -0.3 is 14.8 Å². The van der Waals surface area contributed by atoms with Gasteiger partial charge in [-0.15, -0.1) is 0 Å². The van der Waals surface area contributed by atoms with Crippen LogP contribution in [-0.4, -0.2) is 47.8 Å². The molecule has 0 radical (unpaired) electrons. The van der Waals surface area contributed by atoms with E-state index in [-0.39, 0.29) is 31.2 Å². The van der Waals surface area contributed by atoms with Crippen molar-refractivity contribution in [1.82, 2.24) is 4.90 Å². The third kappa shape index (κ3) is 5.21. The summed E-state index contributed by atoms with van der Waals surface area (Å²) in [5, 5.41) is 1.72. The zero-order chi connectivity index (χ0) is 26.0. The molecule has 3 amide bonds. The van der Waals surface area contributed by atoms with Gasteiger partial charge in [0, 0.05) is 0 Å². The Morgan fingerprint density at radius 1 is 0.943 bits per heavy atom. The smallest absolute Gasteiger partial charge is 0.330 e. The van der Waals surface area contributed by atoms with Crippen LogP contribution in [0, 0.1) is 5.92 Å². The van der Waals surface area contributed by atoms with Gasteiger partial charge in [-0.05, 0) is 25.0 Å². The number of imide groups is 1. The summed E-state index contributed by atoms with van der Waals surface area (Å²) < 4.78 is 10.6. The molecule has 1 heterocycles. The second kappa shape index (κ2) is 11.0. The number of amides is 3. The van der Waals surface area contributed by atoms with E-state index in [0.717, 1.165) is 0 Å². The van der Waals surface area contributed by atoms with Gasteiger partial charge in [-0.25, -0.2) is 4.79 Å². The fourth-order valence-electron chi connectivity index (χ4n) is 3.55. The van der Waals surface area contributed by atoms with Gasteiger partial charge in [0.25, 0.3) is 17.7 Å². The average molecular weight is 562 g/mol. The van der Waals surface area contributed by atoms with E-state index < -0.39 is 42.3 Å². The van der Waals surface area contributed by atoms with Crippen molar-refractivity contribution in [3.05, 3.63) is 55.5 Å². The molecule has 1 aliphatic heterocycles. The van der Waals surface area contributed by atoms with Crippen LogP contribution in [0.1, 0.15) is 41.5 Å². The molecule has 0 spiro atoms. The third-order valence-electron chi connectivity index (χ3n) is 5.09. The Morgan fingerprint density at radius 2 is 1.49 bits per heavy atom. The molecule has 1 aliphatic rings. The van der Waals surface area contributed by atoms with Gasteiger partial charge in [0.15, 0.2) is 6.61 Å². The first-order valence-corrected chi connectivity index (χ1v) is 11.9. The quantitative estimate of drug-likeness (QED) is 0.197. The number of halogens is 4. The molecular weight excluding hydrogens is 542 g/mol. The molecule has 1 N–H and O–H groups in total. The number of rotatable bonds is 8. The van der Waals surface area contributed by atoms with E-state index in [1.54, 1.807) is 45.0 Å². The number of benzene rings is 2. The van der Waals surface area contributed by atoms with E-state index in [2.05, 4.69) is 5.32 Å². The lowest BCUT2D eigenvalue weighted by Gasteiger charge is -2.27. The normalized spacial score (nSPS) is 13.7. The van der Waals surface area contributed by atoms with Gasteiger partial charge >= 0.3 is 5.97 Å². The van der Waals surface area contributed by atoms with E-state index in [1.807, 2.05) is 0 Å². The zero-order valence-electron chi connectivity index (χ0n) is 18.8. The van der Waals surface area contributed by atoms with E-state index in [9.17, 15) is 19.2 Å². The largest absolute Gasteiger partial charge is 0.492 e. The van der Waals surface area contributed by atoms with Crippen LogP contribution in [0.3, 0.4) is 0 Å². The average Bonchev–Trinajstić information content (AvgIpc) is 3.06. The lowest BCUT2D eigenvalue weighted by Crippen LogP contribution is -2.49. The number of nitrogens with zero attached hydrogens (tertiary/aromatic N) is 1. The molecule has 0 fully saturated rings. The van der Waals surface area contributed by atoms with Crippen LogP contribution < -0.4 is 10.1 Å². The number of esters is 1. The van der Waals surface area contributed by atoms with Gasteiger partial charge in [-0.3, -0.25) is 19.3 Å². The van der Waals surface area contributed by atoms with Gasteiger partial charge in [-0.2, -0.15) is 0 Å². The van der Waals surface area contributed by atoms with Crippen molar-refractivity contribution in [1.29, 1.82) is 0 Å². The lowest BCUT2D eigenvalue weighted by atomic mass is 10.0. The summed E-state index contributed by atoms with van der Waals surface area (Å²) in [5.74, 6) is -3.48. The summed E-state index contributed by atoms with van der Waals surface area (Å²) >= 11 is 24.4. The van der Waals surface area contributed by atoms with Crippen molar-refractivity contribution in [3.8, 4) is 5.75 Å². The highest BCUT2D eigenvalue weighted by Gasteiger charge is 2.48. The predicted molar refractivity (Wildman–Crippen MR) is 133 cm³/mol. The Kier molecular flexibility index (Phi) is 8.54. The molecule has 0 aliphatic carbocycles. The Morgan fingerprint density at radius 3 is 2.00 bits per heavy atom. The van der Waals surface area contributed by atoms with Crippen LogP contribution in [0.15, 0.2) is 24.3 Å². The van der Waals surface area contributed by atoms with Crippen molar-refractivity contribution in [2.75, 3.05) is 18.5 Å². The van der Waals surface area contributed by atoms with Crippen molar-refractivity contribution < 1.29 is 28.7 Å². The maximum Gasteiger partial charge on any atom is 0.330 e. The first-order chi connectivity index (χ1) is 16.5. The van der Waals surface area contributed by atoms with Gasteiger partial charge in [0.05, 0.1) is 43.5 Å². The number of carbonyl (C=O) groups is 4. The van der Waals surface area contributed by atoms with Crippen LogP contribution in [0.4, 0.5) is 5.69 Å². The van der Waals surface area contributed by atoms with Gasteiger partial charge in [-0.1, -0.05) is 72.4 Å². The van der Waals surface area contributed by atoms with Crippen LogP contribution in [0.2, 0.25) is 20.1 Å². The summed E-state index contributed by atoms with van der Waals surface area (Å²) in [4.78, 5) is 52.3. The fourth-order valence-corrected chi connectivity index (χ4v) is 4.57. The summed E-state index contributed by atoms with van der Waals surface area (Å²) in [5.41, 5.74) is -0.103. The highest BCUT2D eigenvalue weighted by molar-refractivity contribution is 6.55. The minimum Gasteiger partial charge on any atom is -0.492 e. The second-order valence-electron chi connectivity index (χ2n) is 7.76. The molecule has 0 aromatic heterocycles. The molecular formula is C23H20Cl4N2O6. The van der Waals surface area contributed by atoms with Crippen LogP contribution in [0.5, 0.6) is 5.75 Å². The Labute approximate surface area is 221 Å². The minimum absolute atomic E-state index is 0.187. The summed E-state index contributed by atoms with van der Waals surface area (Å²) in [6.45, 7) is 4.75. The number of hydrogen-bond acceptors (Lipinski definition) is 6. The first-order valence-electron chi connectivity index (χ1n) is 10.4. The molecule has 0 unspecified atom stereocenters. The number of anilines is 1. The number of fused-ring (bicyclic) bond motifs is 1. The lowest BCUT2D eigenvalue weighted by molar-refractivity contribution is -0.152. The molecule has 0 saturated heterocycles. The SMILES string of the molecule is CCOc1ccccc1NC(=O)COC(=O)[C@@H](C(C)C)N1C(=O)c2c(Cl)c(Cl)c(Cl)c(Cl)c2C1=O. The highest BCUT2D eigenvalue weighted by Crippen LogP contribution is 2.45. The molecule has 12 heteroatoms. The van der Waals surface area contributed by atoms with Gasteiger partial charge in [0.2, 0.25) is 0 Å².